The van der Waals surface area contributed by atoms with Crippen molar-refractivity contribution in [3.05, 3.63) is 59.1 Å². The van der Waals surface area contributed by atoms with Crippen molar-refractivity contribution in [1.29, 1.82) is 0 Å². The fraction of sp³-hybridized carbons (Fsp3) is 0.333. The SMILES string of the molecule is CC[C@@H](C(=O)NC)N(Cc1cccc(OC)c1)C(=O)CSc1ccc(Cl)cc1. The van der Waals surface area contributed by atoms with Gasteiger partial charge in [-0.05, 0) is 48.4 Å². The summed E-state index contributed by atoms with van der Waals surface area (Å²) in [4.78, 5) is 28.0. The smallest absolute Gasteiger partial charge is 0.242 e. The van der Waals surface area contributed by atoms with E-state index in [1.807, 2.05) is 43.3 Å². The molecule has 2 aromatic rings. The third-order valence-electron chi connectivity index (χ3n) is 4.30. The number of likely N-dealkylation sites (N-methyl/N-ethyl adjacent to an activating group) is 1. The minimum atomic E-state index is -0.533. The summed E-state index contributed by atoms with van der Waals surface area (Å²) in [6.07, 6.45) is 0.529. The van der Waals surface area contributed by atoms with Crippen LogP contribution in [0.15, 0.2) is 53.4 Å². The molecule has 5 nitrogen and oxygen atoms in total. The molecule has 2 amide bonds. The average molecular weight is 421 g/mol. The molecule has 0 aliphatic heterocycles. The standard InChI is InChI=1S/C21H25ClN2O3S/c1-4-19(21(26)23-2)24(13-15-6-5-7-17(12-15)27-3)20(25)14-28-18-10-8-16(22)9-11-18/h5-12,19H,4,13-14H2,1-3H3,(H,23,26)/t19-/m0/s1. The molecule has 1 atom stereocenters. The minimum absolute atomic E-state index is 0.0989. The molecule has 0 aliphatic carbocycles. The molecule has 7 heteroatoms. The van der Waals surface area contributed by atoms with Crippen LogP contribution in [-0.4, -0.2) is 42.7 Å². The summed E-state index contributed by atoms with van der Waals surface area (Å²) in [6.45, 7) is 2.24. The van der Waals surface area contributed by atoms with Crippen molar-refractivity contribution in [3.8, 4) is 5.75 Å². The highest BCUT2D eigenvalue weighted by Gasteiger charge is 2.28. The Hall–Kier alpha value is -2.18. The number of methoxy groups -OCH3 is 1. The second kappa shape index (κ2) is 11.0. The van der Waals surface area contributed by atoms with Gasteiger partial charge < -0.3 is 15.0 Å². The van der Waals surface area contributed by atoms with E-state index in [4.69, 9.17) is 16.3 Å². The molecule has 28 heavy (non-hydrogen) atoms. The van der Waals surface area contributed by atoms with Crippen molar-refractivity contribution >= 4 is 35.2 Å². The van der Waals surface area contributed by atoms with E-state index in [1.54, 1.807) is 31.2 Å². The highest BCUT2D eigenvalue weighted by atomic mass is 35.5. The average Bonchev–Trinajstić information content (AvgIpc) is 2.72. The van der Waals surface area contributed by atoms with E-state index < -0.39 is 6.04 Å². The molecule has 2 rings (SSSR count). The quantitative estimate of drug-likeness (QED) is 0.623. The molecule has 0 radical (unpaired) electrons. The number of benzene rings is 2. The van der Waals surface area contributed by atoms with Crippen LogP contribution in [0.2, 0.25) is 5.02 Å². The van der Waals surface area contributed by atoms with Crippen LogP contribution in [0.3, 0.4) is 0 Å². The Morgan fingerprint density at radius 3 is 2.54 bits per heavy atom. The van der Waals surface area contributed by atoms with Gasteiger partial charge in [-0.2, -0.15) is 0 Å². The number of nitrogens with zero attached hydrogens (tertiary/aromatic N) is 1. The number of thioether (sulfide) groups is 1. The van der Waals surface area contributed by atoms with Gasteiger partial charge in [-0.15, -0.1) is 11.8 Å². The summed E-state index contributed by atoms with van der Waals surface area (Å²) in [7, 11) is 3.19. The van der Waals surface area contributed by atoms with Crippen molar-refractivity contribution in [2.75, 3.05) is 19.9 Å². The number of carbonyl (C=O) groups is 2. The largest absolute Gasteiger partial charge is 0.497 e. The second-order valence-corrected chi connectivity index (χ2v) is 7.64. The fourth-order valence-electron chi connectivity index (χ4n) is 2.81. The van der Waals surface area contributed by atoms with Crippen LogP contribution in [0.25, 0.3) is 0 Å². The number of amides is 2. The molecular weight excluding hydrogens is 396 g/mol. The Bertz CT molecular complexity index is 798. The van der Waals surface area contributed by atoms with Crippen LogP contribution in [0.1, 0.15) is 18.9 Å². The number of hydrogen-bond donors (Lipinski definition) is 1. The molecule has 0 unspecified atom stereocenters. The van der Waals surface area contributed by atoms with E-state index in [1.165, 1.54) is 11.8 Å². The number of carbonyl (C=O) groups excluding carboxylic acids is 2. The lowest BCUT2D eigenvalue weighted by Gasteiger charge is -2.30. The predicted molar refractivity (Wildman–Crippen MR) is 114 cm³/mol. The molecule has 0 bridgehead atoms. The van der Waals surface area contributed by atoms with E-state index in [2.05, 4.69) is 5.32 Å². The second-order valence-electron chi connectivity index (χ2n) is 6.15. The Kier molecular flexibility index (Phi) is 8.67. The topological polar surface area (TPSA) is 58.6 Å². The maximum Gasteiger partial charge on any atom is 0.242 e. The Labute approximate surface area is 175 Å². The third-order valence-corrected chi connectivity index (χ3v) is 5.54. The van der Waals surface area contributed by atoms with E-state index >= 15 is 0 Å². The van der Waals surface area contributed by atoms with Crippen LogP contribution >= 0.6 is 23.4 Å². The van der Waals surface area contributed by atoms with Gasteiger partial charge >= 0.3 is 0 Å². The first kappa shape index (κ1) is 22.1. The lowest BCUT2D eigenvalue weighted by molar-refractivity contribution is -0.139. The first-order valence-electron chi connectivity index (χ1n) is 9.00. The van der Waals surface area contributed by atoms with E-state index in [9.17, 15) is 9.59 Å². The zero-order valence-corrected chi connectivity index (χ0v) is 17.8. The molecule has 0 heterocycles. The fourth-order valence-corrected chi connectivity index (χ4v) is 3.72. The van der Waals surface area contributed by atoms with Gasteiger partial charge in [-0.3, -0.25) is 9.59 Å². The molecule has 2 aromatic carbocycles. The molecule has 0 spiro atoms. The highest BCUT2D eigenvalue weighted by molar-refractivity contribution is 8.00. The van der Waals surface area contributed by atoms with Crippen molar-refractivity contribution < 1.29 is 14.3 Å². The van der Waals surface area contributed by atoms with Crippen LogP contribution in [0.4, 0.5) is 0 Å². The zero-order chi connectivity index (χ0) is 20.5. The first-order valence-corrected chi connectivity index (χ1v) is 10.4. The lowest BCUT2D eigenvalue weighted by Crippen LogP contribution is -2.48. The summed E-state index contributed by atoms with van der Waals surface area (Å²) in [5, 5.41) is 3.31. The van der Waals surface area contributed by atoms with Gasteiger partial charge in [0, 0.05) is 23.5 Å². The zero-order valence-electron chi connectivity index (χ0n) is 16.3. The van der Waals surface area contributed by atoms with Gasteiger partial charge in [0.05, 0.1) is 12.9 Å². The van der Waals surface area contributed by atoms with Crippen LogP contribution in [-0.2, 0) is 16.1 Å². The monoisotopic (exact) mass is 420 g/mol. The van der Waals surface area contributed by atoms with E-state index in [0.717, 1.165) is 10.5 Å². The van der Waals surface area contributed by atoms with Crippen molar-refractivity contribution in [2.45, 2.75) is 30.8 Å². The van der Waals surface area contributed by atoms with Gasteiger partial charge in [-0.1, -0.05) is 30.7 Å². The lowest BCUT2D eigenvalue weighted by atomic mass is 10.1. The maximum absolute atomic E-state index is 13.0. The molecule has 0 aliphatic rings. The Morgan fingerprint density at radius 2 is 1.93 bits per heavy atom. The predicted octanol–water partition coefficient (Wildman–Crippen LogP) is 3.99. The van der Waals surface area contributed by atoms with Crippen LogP contribution in [0, 0.1) is 0 Å². The number of halogens is 1. The summed E-state index contributed by atoms with van der Waals surface area (Å²) >= 11 is 7.34. The molecule has 150 valence electrons. The van der Waals surface area contributed by atoms with E-state index in [-0.39, 0.29) is 17.6 Å². The van der Waals surface area contributed by atoms with Crippen molar-refractivity contribution in [1.82, 2.24) is 10.2 Å². The van der Waals surface area contributed by atoms with E-state index in [0.29, 0.717) is 23.7 Å². The highest BCUT2D eigenvalue weighted by Crippen LogP contribution is 2.23. The molecule has 0 aromatic heterocycles. The maximum atomic E-state index is 13.0. The number of ether oxygens (including phenoxy) is 1. The summed E-state index contributed by atoms with van der Waals surface area (Å²) in [5.41, 5.74) is 0.909. The molecule has 0 saturated heterocycles. The number of nitrogens with one attached hydrogen (secondary N) is 1. The Morgan fingerprint density at radius 1 is 1.21 bits per heavy atom. The minimum Gasteiger partial charge on any atom is -0.497 e. The third kappa shape index (κ3) is 6.17. The molecule has 0 saturated carbocycles. The summed E-state index contributed by atoms with van der Waals surface area (Å²) in [6, 6.07) is 14.3. The van der Waals surface area contributed by atoms with Gasteiger partial charge in [0.25, 0.3) is 0 Å². The van der Waals surface area contributed by atoms with Crippen LogP contribution in [0.5, 0.6) is 5.75 Å². The molecule has 1 N–H and O–H groups in total. The summed E-state index contributed by atoms with van der Waals surface area (Å²) < 4.78 is 5.27. The summed E-state index contributed by atoms with van der Waals surface area (Å²) in [5.74, 6) is 0.681. The number of rotatable bonds is 9. The molecular formula is C21H25ClN2O3S. The molecule has 0 fully saturated rings. The van der Waals surface area contributed by atoms with Gasteiger partial charge in [0.1, 0.15) is 11.8 Å². The van der Waals surface area contributed by atoms with Gasteiger partial charge in [-0.25, -0.2) is 0 Å². The van der Waals surface area contributed by atoms with Crippen molar-refractivity contribution in [2.24, 2.45) is 0 Å². The number of hydrogen-bond acceptors (Lipinski definition) is 4. The van der Waals surface area contributed by atoms with Gasteiger partial charge in [0.15, 0.2) is 0 Å². The normalized spacial score (nSPS) is 11.6. The van der Waals surface area contributed by atoms with Crippen molar-refractivity contribution in [3.63, 3.8) is 0 Å². The first-order chi connectivity index (χ1) is 13.5. The van der Waals surface area contributed by atoms with Gasteiger partial charge in [0.2, 0.25) is 11.8 Å². The van der Waals surface area contributed by atoms with Crippen LogP contribution < -0.4 is 10.1 Å². The Balaban J connectivity index is 2.19.